The van der Waals surface area contributed by atoms with Gasteiger partial charge in [0.15, 0.2) is 0 Å². The number of rotatable bonds is 9. The van der Waals surface area contributed by atoms with Gasteiger partial charge in [0.25, 0.3) is 11.8 Å². The Hall–Kier alpha value is -3.32. The summed E-state index contributed by atoms with van der Waals surface area (Å²) in [6.45, 7) is 6.86. The number of nitrogens with zero attached hydrogens (tertiary/aromatic N) is 2. The van der Waals surface area contributed by atoms with Crippen molar-refractivity contribution >= 4 is 58.2 Å². The fourth-order valence-corrected chi connectivity index (χ4v) is 8.18. The summed E-state index contributed by atoms with van der Waals surface area (Å²) in [5.41, 5.74) is 3.27. The van der Waals surface area contributed by atoms with Crippen molar-refractivity contribution in [3.05, 3.63) is 152 Å². The molecule has 0 unspecified atom stereocenters. The normalized spacial score (nSPS) is 20.3. The van der Waals surface area contributed by atoms with Gasteiger partial charge in [-0.15, -0.1) is 6.58 Å². The largest absolute Gasteiger partial charge is 0.396 e. The summed E-state index contributed by atoms with van der Waals surface area (Å²) in [7, 11) is 0. The number of likely N-dealkylation sites (tertiary alicyclic amines) is 2. The summed E-state index contributed by atoms with van der Waals surface area (Å²) in [6.07, 6.45) is 8.05. The number of aliphatic hydroxyl groups is 1. The van der Waals surface area contributed by atoms with E-state index in [1.165, 1.54) is 0 Å². The summed E-state index contributed by atoms with van der Waals surface area (Å²) in [5, 5.41) is 11.5. The molecule has 2 aliphatic heterocycles. The van der Waals surface area contributed by atoms with E-state index in [-0.39, 0.29) is 29.3 Å². The SMILES string of the molecule is C=CC[C@]1(c2ccc(Cl)c(Cl)c2)CCCN(C(=O)c2ccccc2)C1.O=C(c1ccccc1)N1CCC[C@](CCCO)(c2ccc(Cl)c(Cl)c2)C1. The second-order valence-electron chi connectivity index (χ2n) is 13.5. The zero-order valence-electron chi connectivity index (χ0n) is 28.7. The number of hydrogen-bond acceptors (Lipinski definition) is 3. The molecule has 4 aromatic rings. The zero-order valence-corrected chi connectivity index (χ0v) is 31.7. The second-order valence-corrected chi connectivity index (χ2v) is 15.2. The van der Waals surface area contributed by atoms with Crippen LogP contribution in [-0.2, 0) is 10.8 Å². The van der Waals surface area contributed by atoms with Gasteiger partial charge in [0.1, 0.15) is 0 Å². The summed E-state index contributed by atoms with van der Waals surface area (Å²) in [6, 6.07) is 30.4. The van der Waals surface area contributed by atoms with Gasteiger partial charge in [-0.25, -0.2) is 0 Å². The van der Waals surface area contributed by atoms with Crippen LogP contribution in [0.2, 0.25) is 20.1 Å². The van der Waals surface area contributed by atoms with E-state index >= 15 is 0 Å². The predicted molar refractivity (Wildman–Crippen MR) is 211 cm³/mol. The van der Waals surface area contributed by atoms with Crippen LogP contribution in [0.1, 0.15) is 76.8 Å². The van der Waals surface area contributed by atoms with E-state index < -0.39 is 0 Å². The molecule has 0 spiro atoms. The van der Waals surface area contributed by atoms with Gasteiger partial charge in [0.2, 0.25) is 0 Å². The highest BCUT2D eigenvalue weighted by Crippen LogP contribution is 2.42. The van der Waals surface area contributed by atoms with Crippen molar-refractivity contribution in [2.24, 2.45) is 0 Å². The second kappa shape index (κ2) is 17.9. The number of allylic oxidation sites excluding steroid dienone is 1. The van der Waals surface area contributed by atoms with Crippen molar-refractivity contribution in [2.75, 3.05) is 32.8 Å². The Kier molecular flexibility index (Phi) is 13.7. The third kappa shape index (κ3) is 9.38. The first-order chi connectivity index (χ1) is 24.6. The van der Waals surface area contributed by atoms with Crippen molar-refractivity contribution in [3.63, 3.8) is 0 Å². The van der Waals surface area contributed by atoms with Crippen LogP contribution in [0.4, 0.5) is 0 Å². The van der Waals surface area contributed by atoms with E-state index in [1.807, 2.05) is 113 Å². The molecule has 6 rings (SSSR count). The smallest absolute Gasteiger partial charge is 0.253 e. The van der Waals surface area contributed by atoms with Crippen LogP contribution in [0.25, 0.3) is 0 Å². The highest BCUT2D eigenvalue weighted by Gasteiger charge is 2.40. The number of hydrogen-bond donors (Lipinski definition) is 1. The third-order valence-corrected chi connectivity index (χ3v) is 11.7. The first-order valence-electron chi connectivity index (χ1n) is 17.4. The standard InChI is InChI=1S/C21H23Cl2NO2.C21H21Cl2NO/c22-18-9-8-17(14-19(18)23)21(11-5-13-25)10-4-12-24(15-21)20(26)16-6-2-1-3-7-16;1-2-11-21(17-9-10-18(22)19(23)14-17)12-6-13-24(15-21)20(25)16-7-4-3-5-8-16/h1-3,6-9,14,25H,4-5,10-13,15H2;2-5,7-10,14H,1,6,11-13,15H2/t2*21-/m10/s1. The van der Waals surface area contributed by atoms with Crippen LogP contribution in [0.15, 0.2) is 110 Å². The van der Waals surface area contributed by atoms with Gasteiger partial charge in [-0.3, -0.25) is 9.59 Å². The lowest BCUT2D eigenvalue weighted by molar-refractivity contribution is 0.0617. The number of benzene rings is 4. The number of piperidine rings is 2. The minimum atomic E-state index is -0.209. The lowest BCUT2D eigenvalue weighted by Crippen LogP contribution is -2.48. The summed E-state index contributed by atoms with van der Waals surface area (Å²) < 4.78 is 0. The maximum absolute atomic E-state index is 12.9. The predicted octanol–water partition coefficient (Wildman–Crippen LogP) is 10.7. The number of aliphatic hydroxyl groups excluding tert-OH is 1. The average molecular weight is 767 g/mol. The van der Waals surface area contributed by atoms with Crippen LogP contribution >= 0.6 is 46.4 Å². The van der Waals surface area contributed by atoms with E-state index in [0.29, 0.717) is 45.2 Å². The maximum Gasteiger partial charge on any atom is 0.253 e. The molecule has 2 amide bonds. The quantitative estimate of drug-likeness (QED) is 0.173. The van der Waals surface area contributed by atoms with Gasteiger partial charge >= 0.3 is 0 Å². The van der Waals surface area contributed by atoms with Crippen LogP contribution in [0.3, 0.4) is 0 Å². The number of carbonyl (C=O) groups is 2. The summed E-state index contributed by atoms with van der Waals surface area (Å²) in [4.78, 5) is 29.7. The van der Waals surface area contributed by atoms with Crippen LogP contribution < -0.4 is 0 Å². The first-order valence-corrected chi connectivity index (χ1v) is 18.9. The van der Waals surface area contributed by atoms with Crippen LogP contribution in [-0.4, -0.2) is 59.5 Å². The molecule has 0 saturated carbocycles. The van der Waals surface area contributed by atoms with Gasteiger partial charge in [-0.2, -0.15) is 0 Å². The van der Waals surface area contributed by atoms with E-state index in [4.69, 9.17) is 46.4 Å². The van der Waals surface area contributed by atoms with Gasteiger partial charge in [0.05, 0.1) is 20.1 Å². The molecule has 0 radical (unpaired) electrons. The number of amides is 2. The third-order valence-electron chi connectivity index (χ3n) is 10.2. The molecule has 268 valence electrons. The van der Waals surface area contributed by atoms with Crippen LogP contribution in [0, 0.1) is 0 Å². The Balaban J connectivity index is 0.000000198. The molecule has 2 aliphatic rings. The Morgan fingerprint density at radius 2 is 1.12 bits per heavy atom. The Labute approximate surface area is 321 Å². The topological polar surface area (TPSA) is 60.9 Å². The fourth-order valence-electron chi connectivity index (χ4n) is 7.59. The maximum atomic E-state index is 12.9. The number of carbonyl (C=O) groups excluding carboxylic acids is 2. The molecule has 4 aromatic carbocycles. The van der Waals surface area contributed by atoms with Crippen molar-refractivity contribution in [3.8, 4) is 0 Å². The van der Waals surface area contributed by atoms with Gasteiger partial charge in [0, 0.05) is 54.7 Å². The molecular formula is C42H44Cl4N2O3. The van der Waals surface area contributed by atoms with Gasteiger partial charge in [-0.1, -0.05) is 101 Å². The molecule has 5 nitrogen and oxygen atoms in total. The van der Waals surface area contributed by atoms with Crippen LogP contribution in [0.5, 0.6) is 0 Å². The summed E-state index contributed by atoms with van der Waals surface area (Å²) in [5.74, 6) is 0.132. The molecule has 2 heterocycles. The highest BCUT2D eigenvalue weighted by molar-refractivity contribution is 6.42. The average Bonchev–Trinajstić information content (AvgIpc) is 3.16. The van der Waals surface area contributed by atoms with E-state index in [0.717, 1.165) is 68.3 Å². The van der Waals surface area contributed by atoms with E-state index in [9.17, 15) is 14.7 Å². The van der Waals surface area contributed by atoms with Gasteiger partial charge in [-0.05, 0) is 105 Å². The van der Waals surface area contributed by atoms with Crippen molar-refractivity contribution < 1.29 is 14.7 Å². The molecule has 0 bridgehead atoms. The molecule has 51 heavy (non-hydrogen) atoms. The van der Waals surface area contributed by atoms with Crippen molar-refractivity contribution in [2.45, 2.75) is 55.8 Å². The minimum absolute atomic E-state index is 0.0544. The Bertz CT molecular complexity index is 1800. The molecular weight excluding hydrogens is 722 g/mol. The molecule has 2 fully saturated rings. The molecule has 0 aliphatic carbocycles. The lowest BCUT2D eigenvalue weighted by Gasteiger charge is -2.43. The number of halogens is 4. The minimum Gasteiger partial charge on any atom is -0.396 e. The highest BCUT2D eigenvalue weighted by atomic mass is 35.5. The zero-order chi connectivity index (χ0) is 36.4. The molecule has 9 heteroatoms. The van der Waals surface area contributed by atoms with Gasteiger partial charge < -0.3 is 14.9 Å². The molecule has 0 aromatic heterocycles. The Morgan fingerprint density at radius 3 is 1.57 bits per heavy atom. The molecule has 2 atom stereocenters. The van der Waals surface area contributed by atoms with Crippen molar-refractivity contribution in [1.29, 1.82) is 0 Å². The fraction of sp³-hybridized carbons (Fsp3) is 0.333. The van der Waals surface area contributed by atoms with E-state index in [2.05, 4.69) is 6.58 Å². The monoisotopic (exact) mass is 764 g/mol. The Morgan fingerprint density at radius 1 is 0.667 bits per heavy atom. The lowest BCUT2D eigenvalue weighted by atomic mass is 9.71. The van der Waals surface area contributed by atoms with E-state index in [1.54, 1.807) is 0 Å². The molecule has 2 saturated heterocycles. The van der Waals surface area contributed by atoms with Crippen molar-refractivity contribution in [1.82, 2.24) is 9.80 Å². The summed E-state index contributed by atoms with van der Waals surface area (Å²) >= 11 is 24.7. The first kappa shape index (κ1) is 38.9. The molecule has 1 N–H and O–H groups in total.